The molecule has 0 aliphatic rings. The van der Waals surface area contributed by atoms with E-state index in [2.05, 4.69) is 238 Å². The molecule has 0 N–H and O–H groups in total. The molecule has 0 spiro atoms. The molecule has 19 aromatic rings. The van der Waals surface area contributed by atoms with E-state index in [-0.39, 0.29) is 0 Å². The number of hydrogen-bond acceptors (Lipinski definition) is 5. The van der Waals surface area contributed by atoms with E-state index in [1.807, 2.05) is 36.4 Å². The fraction of sp³-hybridized carbons (Fsp3) is 0. The van der Waals surface area contributed by atoms with Crippen molar-refractivity contribution in [3.63, 3.8) is 0 Å². The van der Waals surface area contributed by atoms with Gasteiger partial charge in [0.05, 0.1) is 33.1 Å². The number of aromatic nitrogens is 5. The minimum absolute atomic E-state index is 0.536. The molecular formula is C76H43N5O3. The van der Waals surface area contributed by atoms with Gasteiger partial charge in [0.1, 0.15) is 45.1 Å². The highest BCUT2D eigenvalue weighted by Gasteiger charge is 2.24. The molecule has 0 atom stereocenters. The van der Waals surface area contributed by atoms with Gasteiger partial charge in [0.2, 0.25) is 5.95 Å². The molecule has 12 aromatic carbocycles. The third-order valence-electron chi connectivity index (χ3n) is 17.5. The monoisotopic (exact) mass is 1070 g/mol. The maximum absolute atomic E-state index is 6.45. The average molecular weight is 1070 g/mol. The minimum atomic E-state index is 0.536. The van der Waals surface area contributed by atoms with Crippen LogP contribution in [0.15, 0.2) is 274 Å². The van der Waals surface area contributed by atoms with Crippen molar-refractivity contribution in [3.05, 3.63) is 261 Å². The first-order valence-corrected chi connectivity index (χ1v) is 28.4. The molecule has 0 amide bonds. The lowest BCUT2D eigenvalue weighted by Gasteiger charge is -2.16. The van der Waals surface area contributed by atoms with Gasteiger partial charge in [-0.1, -0.05) is 164 Å². The van der Waals surface area contributed by atoms with E-state index in [0.717, 1.165) is 176 Å². The lowest BCUT2D eigenvalue weighted by Crippen LogP contribution is -2.10. The molecule has 84 heavy (non-hydrogen) atoms. The summed E-state index contributed by atoms with van der Waals surface area (Å²) in [5, 5.41) is 13.3. The molecular weight excluding hydrogens is 1030 g/mol. The number of benzene rings is 12. The van der Waals surface area contributed by atoms with Crippen LogP contribution in [-0.2, 0) is 0 Å². The van der Waals surface area contributed by atoms with Gasteiger partial charge in [-0.25, -0.2) is 0 Å². The van der Waals surface area contributed by atoms with Gasteiger partial charge in [-0.2, -0.15) is 9.97 Å². The van der Waals surface area contributed by atoms with Crippen molar-refractivity contribution in [1.29, 1.82) is 0 Å². The molecule has 7 heterocycles. The summed E-state index contributed by atoms with van der Waals surface area (Å²) in [7, 11) is 0. The van der Waals surface area contributed by atoms with Crippen molar-refractivity contribution in [1.82, 2.24) is 23.7 Å². The predicted molar refractivity (Wildman–Crippen MR) is 343 cm³/mol. The quantitative estimate of drug-likeness (QED) is 0.166. The van der Waals surface area contributed by atoms with Crippen LogP contribution < -0.4 is 0 Å². The van der Waals surface area contributed by atoms with E-state index in [1.165, 1.54) is 0 Å². The van der Waals surface area contributed by atoms with Gasteiger partial charge < -0.3 is 13.3 Å². The van der Waals surface area contributed by atoms with E-state index >= 15 is 0 Å². The van der Waals surface area contributed by atoms with Crippen LogP contribution in [0.4, 0.5) is 0 Å². The van der Waals surface area contributed by atoms with Crippen molar-refractivity contribution in [2.24, 2.45) is 0 Å². The standard InChI is InChI=1S/C76H43N5O3/c1-7-19-62-50(13-1)53-31-25-44(47-28-34-59-56-16-4-10-22-68(56)82-71(59)40-47)37-65(53)79(62)74-43-75(80-63-20-8-2-14-51(63)54-32-26-45(38-66(54)80)48-29-35-60-57-17-5-11-23-69(57)83-72(60)41-48)78-76(77-74)81-64-21-9-3-15-52(64)55-33-27-46(39-67(55)81)49-30-36-61-58-18-6-12-24-70(58)84-73(61)42-49/h1-43H. The Bertz CT molecular complexity index is 5430. The van der Waals surface area contributed by atoms with Crippen LogP contribution in [0.2, 0.25) is 0 Å². The van der Waals surface area contributed by atoms with Gasteiger partial charge in [-0.3, -0.25) is 13.7 Å². The number of rotatable bonds is 6. The molecule has 0 saturated carbocycles. The Labute approximate surface area is 477 Å². The van der Waals surface area contributed by atoms with Crippen LogP contribution in [0.1, 0.15) is 0 Å². The van der Waals surface area contributed by atoms with Crippen molar-refractivity contribution in [2.75, 3.05) is 0 Å². The van der Waals surface area contributed by atoms with Gasteiger partial charge >= 0.3 is 0 Å². The van der Waals surface area contributed by atoms with Crippen molar-refractivity contribution < 1.29 is 13.3 Å². The predicted octanol–water partition coefficient (Wildman–Crippen LogP) is 20.5. The topological polar surface area (TPSA) is 80.0 Å². The first kappa shape index (κ1) is 45.3. The van der Waals surface area contributed by atoms with E-state index in [1.54, 1.807) is 0 Å². The fourth-order valence-corrected chi connectivity index (χ4v) is 13.6. The van der Waals surface area contributed by atoms with Crippen molar-refractivity contribution >= 4 is 131 Å². The van der Waals surface area contributed by atoms with Crippen LogP contribution in [0.5, 0.6) is 0 Å². The van der Waals surface area contributed by atoms with E-state index in [0.29, 0.717) is 5.95 Å². The van der Waals surface area contributed by atoms with Gasteiger partial charge in [0.25, 0.3) is 0 Å². The molecule has 390 valence electrons. The molecule has 0 aliphatic heterocycles. The Hall–Kier alpha value is -11.5. The molecule has 7 aromatic heterocycles. The normalized spacial score (nSPS) is 12.3. The van der Waals surface area contributed by atoms with Crippen LogP contribution in [-0.4, -0.2) is 23.7 Å². The maximum Gasteiger partial charge on any atom is 0.238 e. The second kappa shape index (κ2) is 17.0. The van der Waals surface area contributed by atoms with E-state index in [4.69, 9.17) is 23.2 Å². The Morgan fingerprint density at radius 3 is 0.833 bits per heavy atom. The first-order chi connectivity index (χ1) is 41.6. The second-order valence-corrected chi connectivity index (χ2v) is 22.1. The van der Waals surface area contributed by atoms with Gasteiger partial charge in [0, 0.05) is 70.7 Å². The molecule has 0 bridgehead atoms. The third kappa shape index (κ3) is 6.53. The highest BCUT2D eigenvalue weighted by molar-refractivity contribution is 6.14. The molecule has 0 fully saturated rings. The van der Waals surface area contributed by atoms with Crippen molar-refractivity contribution in [2.45, 2.75) is 0 Å². The van der Waals surface area contributed by atoms with Crippen LogP contribution in [0.25, 0.3) is 182 Å². The highest BCUT2D eigenvalue weighted by atomic mass is 16.3. The number of fused-ring (bicyclic) bond motifs is 18. The third-order valence-corrected chi connectivity index (χ3v) is 17.5. The molecule has 0 radical (unpaired) electrons. The number of furan rings is 3. The zero-order valence-electron chi connectivity index (χ0n) is 44.8. The molecule has 8 heteroatoms. The Morgan fingerprint density at radius 1 is 0.202 bits per heavy atom. The Morgan fingerprint density at radius 2 is 0.464 bits per heavy atom. The van der Waals surface area contributed by atoms with Crippen molar-refractivity contribution in [3.8, 4) is 51.0 Å². The summed E-state index contributed by atoms with van der Waals surface area (Å²) in [6.45, 7) is 0. The largest absolute Gasteiger partial charge is 0.456 e. The summed E-state index contributed by atoms with van der Waals surface area (Å²) < 4.78 is 26.2. The summed E-state index contributed by atoms with van der Waals surface area (Å²) in [5.41, 5.74) is 17.6. The zero-order chi connectivity index (χ0) is 54.7. The minimum Gasteiger partial charge on any atom is -0.456 e. The second-order valence-electron chi connectivity index (χ2n) is 22.1. The van der Waals surface area contributed by atoms with Crippen LogP contribution in [0.3, 0.4) is 0 Å². The number of nitrogens with zero attached hydrogens (tertiary/aromatic N) is 5. The molecule has 0 aliphatic carbocycles. The molecule has 0 saturated heterocycles. The van der Waals surface area contributed by atoms with E-state index in [9.17, 15) is 0 Å². The lowest BCUT2D eigenvalue weighted by molar-refractivity contribution is 0.668. The average Bonchev–Trinajstić information content (AvgIpc) is 2.96. The van der Waals surface area contributed by atoms with Gasteiger partial charge in [-0.15, -0.1) is 0 Å². The highest BCUT2D eigenvalue weighted by Crippen LogP contribution is 2.42. The number of hydrogen-bond donors (Lipinski definition) is 0. The SMILES string of the molecule is c1ccc2c(c1)oc1cc(-c3ccc4c5ccccc5n(-c5cc(-n6c7ccccc7c7ccc(-c8ccc9c(c8)oc8ccccc89)cc76)nc(-n6c7ccccc7c7ccc(-c8ccc9c(c8)oc8ccccc89)cc76)n5)c4c3)ccc12. The van der Waals surface area contributed by atoms with Gasteiger partial charge in [0.15, 0.2) is 0 Å². The summed E-state index contributed by atoms with van der Waals surface area (Å²) in [6, 6.07) is 92.8. The van der Waals surface area contributed by atoms with E-state index < -0.39 is 0 Å². The Balaban J connectivity index is 0.877. The zero-order valence-corrected chi connectivity index (χ0v) is 44.8. The first-order valence-electron chi connectivity index (χ1n) is 28.4. The molecule has 19 rings (SSSR count). The summed E-state index contributed by atoms with van der Waals surface area (Å²) in [6.07, 6.45) is 0. The lowest BCUT2D eigenvalue weighted by atomic mass is 10.0. The summed E-state index contributed by atoms with van der Waals surface area (Å²) in [5.74, 6) is 1.98. The number of para-hydroxylation sites is 6. The Kier molecular flexibility index (Phi) is 9.18. The fourth-order valence-electron chi connectivity index (χ4n) is 13.6. The van der Waals surface area contributed by atoms with Gasteiger partial charge in [-0.05, 0) is 124 Å². The maximum atomic E-state index is 6.45. The smallest absolute Gasteiger partial charge is 0.238 e. The summed E-state index contributed by atoms with van der Waals surface area (Å²) in [4.78, 5) is 11.6. The molecule has 8 nitrogen and oxygen atoms in total. The molecule has 0 unspecified atom stereocenters. The summed E-state index contributed by atoms with van der Waals surface area (Å²) >= 11 is 0. The van der Waals surface area contributed by atoms with Crippen LogP contribution >= 0.6 is 0 Å². The van der Waals surface area contributed by atoms with Crippen LogP contribution in [0, 0.1) is 0 Å².